The summed E-state index contributed by atoms with van der Waals surface area (Å²) in [4.78, 5) is 4.75. The molecule has 1 heterocycles. The van der Waals surface area contributed by atoms with Gasteiger partial charge >= 0.3 is 0 Å². The van der Waals surface area contributed by atoms with Gasteiger partial charge in [0, 0.05) is 27.5 Å². The SMILES string of the molecule is CCCc1nc(-c2ccc(Cl)cc2Br)c(N)n1C(C)C. The van der Waals surface area contributed by atoms with E-state index in [1.807, 2.05) is 18.2 Å². The fraction of sp³-hybridized carbons (Fsp3) is 0.400. The largest absolute Gasteiger partial charge is 0.383 e. The van der Waals surface area contributed by atoms with Gasteiger partial charge < -0.3 is 10.3 Å². The van der Waals surface area contributed by atoms with Gasteiger partial charge in [-0.25, -0.2) is 4.98 Å². The Morgan fingerprint density at radius 3 is 2.65 bits per heavy atom. The summed E-state index contributed by atoms with van der Waals surface area (Å²) in [6.07, 6.45) is 1.97. The Morgan fingerprint density at radius 2 is 2.10 bits per heavy atom. The average molecular weight is 357 g/mol. The van der Waals surface area contributed by atoms with Crippen molar-refractivity contribution in [2.24, 2.45) is 0 Å². The summed E-state index contributed by atoms with van der Waals surface area (Å²) < 4.78 is 3.02. The minimum atomic E-state index is 0.295. The van der Waals surface area contributed by atoms with Crippen LogP contribution in [0.2, 0.25) is 5.02 Å². The highest BCUT2D eigenvalue weighted by Crippen LogP contribution is 2.35. The predicted octanol–water partition coefficient (Wildman–Crippen LogP) is 5.08. The van der Waals surface area contributed by atoms with Crippen LogP contribution in [0.25, 0.3) is 11.3 Å². The second kappa shape index (κ2) is 6.19. The van der Waals surface area contributed by atoms with Crippen LogP contribution in [0.4, 0.5) is 5.82 Å². The maximum atomic E-state index is 6.32. The molecule has 0 aliphatic carbocycles. The van der Waals surface area contributed by atoms with Crippen molar-refractivity contribution in [3.05, 3.63) is 33.5 Å². The molecule has 0 saturated heterocycles. The average Bonchev–Trinajstić information content (AvgIpc) is 2.67. The van der Waals surface area contributed by atoms with E-state index in [0.29, 0.717) is 16.9 Å². The molecule has 1 aromatic heterocycles. The van der Waals surface area contributed by atoms with E-state index >= 15 is 0 Å². The third-order valence-corrected chi connectivity index (χ3v) is 4.09. The number of hydrogen-bond donors (Lipinski definition) is 1. The highest BCUT2D eigenvalue weighted by Gasteiger charge is 2.19. The lowest BCUT2D eigenvalue weighted by molar-refractivity contribution is 0.571. The van der Waals surface area contributed by atoms with Crippen LogP contribution < -0.4 is 5.73 Å². The number of aromatic nitrogens is 2. The first-order chi connectivity index (χ1) is 9.45. The summed E-state index contributed by atoms with van der Waals surface area (Å²) in [5.41, 5.74) is 8.12. The van der Waals surface area contributed by atoms with Crippen LogP contribution in [0.3, 0.4) is 0 Å². The van der Waals surface area contributed by atoms with E-state index < -0.39 is 0 Å². The number of aryl methyl sites for hydroxylation is 1. The minimum Gasteiger partial charge on any atom is -0.383 e. The lowest BCUT2D eigenvalue weighted by Gasteiger charge is -2.13. The van der Waals surface area contributed by atoms with E-state index in [2.05, 4.69) is 41.3 Å². The smallest absolute Gasteiger partial charge is 0.132 e. The Balaban J connectivity index is 2.60. The molecule has 0 unspecified atom stereocenters. The van der Waals surface area contributed by atoms with E-state index in [4.69, 9.17) is 22.3 Å². The molecule has 2 N–H and O–H groups in total. The third kappa shape index (κ3) is 2.86. The standard InChI is InChI=1S/C15H19BrClN3/c1-4-5-13-19-14(15(18)20(13)9(2)3)11-7-6-10(17)8-12(11)16/h6-9H,4-5,18H2,1-3H3. The van der Waals surface area contributed by atoms with Crippen molar-refractivity contribution in [2.75, 3.05) is 5.73 Å². The van der Waals surface area contributed by atoms with Crippen LogP contribution in [-0.2, 0) is 6.42 Å². The Bertz CT molecular complexity index is 620. The van der Waals surface area contributed by atoms with Crippen molar-refractivity contribution in [1.82, 2.24) is 9.55 Å². The second-order valence-electron chi connectivity index (χ2n) is 5.10. The zero-order chi connectivity index (χ0) is 14.9. The first-order valence-electron chi connectivity index (χ1n) is 6.77. The van der Waals surface area contributed by atoms with Gasteiger partial charge in [0.25, 0.3) is 0 Å². The zero-order valence-corrected chi connectivity index (χ0v) is 14.3. The van der Waals surface area contributed by atoms with Gasteiger partial charge in [0.2, 0.25) is 0 Å². The molecule has 5 heteroatoms. The molecule has 0 aliphatic rings. The van der Waals surface area contributed by atoms with E-state index in [9.17, 15) is 0 Å². The van der Waals surface area contributed by atoms with Gasteiger partial charge in [-0.1, -0.05) is 40.5 Å². The molecular formula is C15H19BrClN3. The van der Waals surface area contributed by atoms with Crippen LogP contribution >= 0.6 is 27.5 Å². The number of nitrogen functional groups attached to an aromatic ring is 1. The molecule has 0 amide bonds. The molecule has 0 aliphatic heterocycles. The Labute approximate surface area is 133 Å². The van der Waals surface area contributed by atoms with Crippen LogP contribution in [-0.4, -0.2) is 9.55 Å². The minimum absolute atomic E-state index is 0.295. The molecule has 108 valence electrons. The first-order valence-corrected chi connectivity index (χ1v) is 7.94. The van der Waals surface area contributed by atoms with Crippen LogP contribution in [0.5, 0.6) is 0 Å². The monoisotopic (exact) mass is 355 g/mol. The molecule has 0 fully saturated rings. The van der Waals surface area contributed by atoms with E-state index in [1.54, 1.807) is 0 Å². The Morgan fingerprint density at radius 1 is 1.40 bits per heavy atom. The molecule has 3 nitrogen and oxygen atoms in total. The molecule has 1 aromatic carbocycles. The van der Waals surface area contributed by atoms with Crippen LogP contribution in [0.1, 0.15) is 39.1 Å². The highest BCUT2D eigenvalue weighted by atomic mass is 79.9. The Kier molecular flexibility index (Phi) is 4.76. The number of rotatable bonds is 4. The number of hydrogen-bond acceptors (Lipinski definition) is 2. The quantitative estimate of drug-likeness (QED) is 0.830. The molecule has 2 aromatic rings. The van der Waals surface area contributed by atoms with E-state index in [1.165, 1.54) is 0 Å². The van der Waals surface area contributed by atoms with Gasteiger partial charge in [-0.05, 0) is 32.4 Å². The maximum Gasteiger partial charge on any atom is 0.132 e. The summed E-state index contributed by atoms with van der Waals surface area (Å²) in [5.74, 6) is 1.75. The second-order valence-corrected chi connectivity index (χ2v) is 6.39. The molecule has 0 spiro atoms. The van der Waals surface area contributed by atoms with E-state index in [0.717, 1.165) is 34.4 Å². The maximum absolute atomic E-state index is 6.32. The number of nitrogens with zero attached hydrogens (tertiary/aromatic N) is 2. The molecular weight excluding hydrogens is 338 g/mol. The number of nitrogens with two attached hydrogens (primary N) is 1. The third-order valence-electron chi connectivity index (χ3n) is 3.20. The van der Waals surface area contributed by atoms with Crippen LogP contribution in [0, 0.1) is 0 Å². The molecule has 0 radical (unpaired) electrons. The lowest BCUT2D eigenvalue weighted by atomic mass is 10.1. The zero-order valence-electron chi connectivity index (χ0n) is 12.0. The predicted molar refractivity (Wildman–Crippen MR) is 89.2 cm³/mol. The molecule has 20 heavy (non-hydrogen) atoms. The fourth-order valence-electron chi connectivity index (χ4n) is 2.35. The van der Waals surface area contributed by atoms with Crippen molar-refractivity contribution < 1.29 is 0 Å². The molecule has 2 rings (SSSR count). The van der Waals surface area contributed by atoms with Crippen molar-refractivity contribution in [3.63, 3.8) is 0 Å². The molecule has 0 bridgehead atoms. The summed E-state index contributed by atoms with van der Waals surface area (Å²) in [6.45, 7) is 6.39. The number of imidazole rings is 1. The fourth-order valence-corrected chi connectivity index (χ4v) is 3.22. The van der Waals surface area contributed by atoms with Gasteiger partial charge in [-0.2, -0.15) is 0 Å². The summed E-state index contributed by atoms with van der Waals surface area (Å²) in [6, 6.07) is 5.97. The Hall–Kier alpha value is -1.00. The van der Waals surface area contributed by atoms with Crippen molar-refractivity contribution in [2.45, 2.75) is 39.7 Å². The number of benzene rings is 1. The topological polar surface area (TPSA) is 43.8 Å². The van der Waals surface area contributed by atoms with Gasteiger partial charge in [-0.15, -0.1) is 0 Å². The summed E-state index contributed by atoms with van der Waals surface area (Å²) >= 11 is 9.53. The normalized spacial score (nSPS) is 11.3. The summed E-state index contributed by atoms with van der Waals surface area (Å²) in [7, 11) is 0. The van der Waals surface area contributed by atoms with Crippen molar-refractivity contribution >= 4 is 33.3 Å². The number of halogens is 2. The van der Waals surface area contributed by atoms with Crippen molar-refractivity contribution in [3.8, 4) is 11.3 Å². The lowest BCUT2D eigenvalue weighted by Crippen LogP contribution is -2.09. The highest BCUT2D eigenvalue weighted by molar-refractivity contribution is 9.10. The summed E-state index contributed by atoms with van der Waals surface area (Å²) in [5, 5.41) is 0.691. The molecule has 0 saturated carbocycles. The first kappa shape index (κ1) is 15.4. The van der Waals surface area contributed by atoms with Gasteiger partial charge in [-0.3, -0.25) is 0 Å². The number of anilines is 1. The van der Waals surface area contributed by atoms with Gasteiger partial charge in [0.15, 0.2) is 0 Å². The van der Waals surface area contributed by atoms with Gasteiger partial charge in [0.1, 0.15) is 17.3 Å². The molecule has 0 atom stereocenters. The van der Waals surface area contributed by atoms with Crippen molar-refractivity contribution in [1.29, 1.82) is 0 Å². The van der Waals surface area contributed by atoms with Crippen LogP contribution in [0.15, 0.2) is 22.7 Å². The van der Waals surface area contributed by atoms with E-state index in [-0.39, 0.29) is 0 Å². The van der Waals surface area contributed by atoms with Gasteiger partial charge in [0.05, 0.1) is 0 Å².